The van der Waals surface area contributed by atoms with E-state index in [1.54, 1.807) is 12.1 Å². The molecule has 0 heterocycles. The van der Waals surface area contributed by atoms with Gasteiger partial charge in [0.05, 0.1) is 17.1 Å². The molecule has 104 valence electrons. The summed E-state index contributed by atoms with van der Waals surface area (Å²) in [6.45, 7) is 1.98. The van der Waals surface area contributed by atoms with Gasteiger partial charge in [0.2, 0.25) is 5.91 Å². The van der Waals surface area contributed by atoms with Crippen LogP contribution in [0.5, 0.6) is 0 Å². The summed E-state index contributed by atoms with van der Waals surface area (Å²) < 4.78 is 0. The zero-order valence-corrected chi connectivity index (χ0v) is 11.4. The van der Waals surface area contributed by atoms with Gasteiger partial charge in [-0.3, -0.25) is 9.59 Å². The Labute approximate surface area is 116 Å². The molecule has 0 aromatic heterocycles. The molecule has 0 saturated heterocycles. The molecule has 19 heavy (non-hydrogen) atoms. The second kappa shape index (κ2) is 6.99. The van der Waals surface area contributed by atoms with E-state index in [9.17, 15) is 9.59 Å². The Morgan fingerprint density at radius 1 is 1.47 bits per heavy atom. The summed E-state index contributed by atoms with van der Waals surface area (Å²) in [7, 11) is 0. The first-order chi connectivity index (χ1) is 8.93. The highest BCUT2D eigenvalue weighted by Crippen LogP contribution is 2.25. The van der Waals surface area contributed by atoms with Crippen molar-refractivity contribution in [1.82, 2.24) is 0 Å². The van der Waals surface area contributed by atoms with E-state index >= 15 is 0 Å². The van der Waals surface area contributed by atoms with Gasteiger partial charge in [-0.05, 0) is 24.6 Å². The molecule has 0 aliphatic carbocycles. The van der Waals surface area contributed by atoms with Crippen LogP contribution in [0.3, 0.4) is 0 Å². The fourth-order valence-corrected chi connectivity index (χ4v) is 2.02. The molecule has 1 aromatic carbocycles. The lowest BCUT2D eigenvalue weighted by molar-refractivity contribution is -0.137. The third-order valence-electron chi connectivity index (χ3n) is 2.67. The number of carbonyl (C=O) groups excluding carboxylic acids is 1. The van der Waals surface area contributed by atoms with Gasteiger partial charge in [-0.15, -0.1) is 0 Å². The topological polar surface area (TPSA) is 92.4 Å². The molecular formula is C13H17ClN2O3. The second-order valence-corrected chi connectivity index (χ2v) is 4.69. The molecule has 0 bridgehead atoms. The minimum atomic E-state index is -0.865. The van der Waals surface area contributed by atoms with E-state index in [-0.39, 0.29) is 12.5 Å². The molecule has 0 aliphatic rings. The summed E-state index contributed by atoms with van der Waals surface area (Å²) in [5.41, 5.74) is 6.08. The van der Waals surface area contributed by atoms with Gasteiger partial charge in [0.1, 0.15) is 0 Å². The highest BCUT2D eigenvalue weighted by Gasteiger charge is 2.14. The van der Waals surface area contributed by atoms with Crippen LogP contribution in [0.2, 0.25) is 5.02 Å². The van der Waals surface area contributed by atoms with Crippen LogP contribution in [0.4, 0.5) is 5.69 Å². The summed E-state index contributed by atoms with van der Waals surface area (Å²) >= 11 is 6.04. The van der Waals surface area contributed by atoms with Crippen LogP contribution < -0.4 is 11.1 Å². The molecule has 0 radical (unpaired) electrons. The molecule has 1 atom stereocenters. The predicted octanol–water partition coefficient (Wildman–Crippen LogP) is 2.49. The van der Waals surface area contributed by atoms with Gasteiger partial charge in [0, 0.05) is 11.6 Å². The Morgan fingerprint density at radius 2 is 2.16 bits per heavy atom. The summed E-state index contributed by atoms with van der Waals surface area (Å²) in [6, 6.07) is 4.46. The highest BCUT2D eigenvalue weighted by molar-refractivity contribution is 6.33. The number of carboxylic acid groups (broad SMARTS) is 1. The van der Waals surface area contributed by atoms with Gasteiger partial charge < -0.3 is 16.2 Å². The minimum Gasteiger partial charge on any atom is -0.481 e. The van der Waals surface area contributed by atoms with Gasteiger partial charge in [0.15, 0.2) is 0 Å². The average Bonchev–Trinajstić information content (AvgIpc) is 2.31. The van der Waals surface area contributed by atoms with Crippen molar-refractivity contribution >= 4 is 29.2 Å². The van der Waals surface area contributed by atoms with E-state index in [2.05, 4.69) is 5.32 Å². The van der Waals surface area contributed by atoms with Crippen LogP contribution in [-0.4, -0.2) is 23.0 Å². The Balaban J connectivity index is 2.84. The van der Waals surface area contributed by atoms with Crippen LogP contribution in [0.1, 0.15) is 36.5 Å². The fourth-order valence-electron chi connectivity index (χ4n) is 1.79. The molecule has 0 saturated carbocycles. The van der Waals surface area contributed by atoms with E-state index in [0.29, 0.717) is 16.3 Å². The fraction of sp³-hybridized carbons (Fsp3) is 0.385. The van der Waals surface area contributed by atoms with Crippen molar-refractivity contribution in [1.29, 1.82) is 0 Å². The number of carboxylic acids is 1. The first-order valence-electron chi connectivity index (χ1n) is 6.01. The number of hydrogen-bond acceptors (Lipinski definition) is 3. The third-order valence-corrected chi connectivity index (χ3v) is 2.98. The number of primary amides is 1. The predicted molar refractivity (Wildman–Crippen MR) is 74.5 cm³/mol. The average molecular weight is 285 g/mol. The number of aliphatic carboxylic acids is 1. The van der Waals surface area contributed by atoms with Gasteiger partial charge in [-0.25, -0.2) is 0 Å². The molecule has 0 spiro atoms. The Morgan fingerprint density at radius 3 is 2.63 bits per heavy atom. The van der Waals surface area contributed by atoms with Crippen molar-refractivity contribution in [2.45, 2.75) is 32.2 Å². The summed E-state index contributed by atoms with van der Waals surface area (Å²) in [5, 5.41) is 12.3. The largest absolute Gasteiger partial charge is 0.481 e. The van der Waals surface area contributed by atoms with Crippen molar-refractivity contribution in [3.63, 3.8) is 0 Å². The number of carbonyl (C=O) groups is 2. The molecule has 5 nitrogen and oxygen atoms in total. The lowest BCUT2D eigenvalue weighted by atomic mass is 10.1. The number of nitrogens with one attached hydrogen (secondary N) is 1. The number of halogens is 1. The second-order valence-electron chi connectivity index (χ2n) is 4.29. The maximum Gasteiger partial charge on any atom is 0.305 e. The van der Waals surface area contributed by atoms with E-state index in [4.69, 9.17) is 22.4 Å². The highest BCUT2D eigenvalue weighted by atomic mass is 35.5. The van der Waals surface area contributed by atoms with Crippen molar-refractivity contribution in [3.05, 3.63) is 28.8 Å². The lowest BCUT2D eigenvalue weighted by Crippen LogP contribution is -2.23. The number of anilines is 1. The van der Waals surface area contributed by atoms with Crippen molar-refractivity contribution < 1.29 is 14.7 Å². The Bertz CT molecular complexity index is 477. The number of rotatable bonds is 7. The monoisotopic (exact) mass is 284 g/mol. The van der Waals surface area contributed by atoms with E-state index in [1.807, 2.05) is 6.92 Å². The zero-order chi connectivity index (χ0) is 14.4. The molecule has 0 aliphatic heterocycles. The van der Waals surface area contributed by atoms with Gasteiger partial charge >= 0.3 is 5.97 Å². The van der Waals surface area contributed by atoms with Gasteiger partial charge in [-0.1, -0.05) is 24.9 Å². The quantitative estimate of drug-likeness (QED) is 0.717. The molecule has 1 unspecified atom stereocenters. The molecule has 1 amide bonds. The molecule has 1 rings (SSSR count). The normalized spacial score (nSPS) is 11.9. The number of benzene rings is 1. The van der Waals surface area contributed by atoms with Crippen LogP contribution in [0.15, 0.2) is 18.2 Å². The summed E-state index contributed by atoms with van der Waals surface area (Å²) in [6.07, 6.45) is 1.60. The van der Waals surface area contributed by atoms with Crippen molar-refractivity contribution in [3.8, 4) is 0 Å². The first-order valence-corrected chi connectivity index (χ1v) is 6.39. The molecule has 6 heteroatoms. The Hall–Kier alpha value is -1.75. The first kappa shape index (κ1) is 15.3. The number of nitrogens with two attached hydrogens (primary N) is 1. The van der Waals surface area contributed by atoms with E-state index in [0.717, 1.165) is 12.8 Å². The standard InChI is InChI=1S/C13H17ClN2O3/c1-2-3-9(7-12(17)18)16-11-5-4-8(13(15)19)6-10(11)14/h4-6,9,16H,2-3,7H2,1H3,(H2,15,19)(H,17,18). The van der Waals surface area contributed by atoms with Gasteiger partial charge in [-0.2, -0.15) is 0 Å². The van der Waals surface area contributed by atoms with Crippen LogP contribution in [-0.2, 0) is 4.79 Å². The van der Waals surface area contributed by atoms with E-state index < -0.39 is 11.9 Å². The number of hydrogen-bond donors (Lipinski definition) is 3. The third kappa shape index (κ3) is 4.79. The maximum absolute atomic E-state index is 11.0. The van der Waals surface area contributed by atoms with Crippen LogP contribution >= 0.6 is 11.6 Å². The molecule has 1 aromatic rings. The molecule has 0 fully saturated rings. The smallest absolute Gasteiger partial charge is 0.305 e. The van der Waals surface area contributed by atoms with E-state index in [1.165, 1.54) is 6.07 Å². The van der Waals surface area contributed by atoms with Crippen LogP contribution in [0, 0.1) is 0 Å². The van der Waals surface area contributed by atoms with Crippen molar-refractivity contribution in [2.24, 2.45) is 5.73 Å². The number of amides is 1. The minimum absolute atomic E-state index is 0.0156. The Kier molecular flexibility index (Phi) is 5.63. The molecular weight excluding hydrogens is 268 g/mol. The SMILES string of the molecule is CCCC(CC(=O)O)Nc1ccc(C(N)=O)cc1Cl. The van der Waals surface area contributed by atoms with Gasteiger partial charge in [0.25, 0.3) is 0 Å². The summed E-state index contributed by atoms with van der Waals surface area (Å²) in [5.74, 6) is -1.42. The van der Waals surface area contributed by atoms with Crippen molar-refractivity contribution in [2.75, 3.05) is 5.32 Å². The maximum atomic E-state index is 11.0. The lowest BCUT2D eigenvalue weighted by Gasteiger charge is -2.18. The summed E-state index contributed by atoms with van der Waals surface area (Å²) in [4.78, 5) is 21.8. The molecule has 4 N–H and O–H groups in total. The zero-order valence-electron chi connectivity index (χ0n) is 10.6. The van der Waals surface area contributed by atoms with Crippen LogP contribution in [0.25, 0.3) is 0 Å².